The van der Waals surface area contributed by atoms with Gasteiger partial charge < -0.3 is 5.11 Å². The number of nitrogens with zero attached hydrogens (tertiary/aromatic N) is 3. The molecular formula is C14H10FN3O2. The van der Waals surface area contributed by atoms with Gasteiger partial charge in [-0.3, -0.25) is 0 Å². The van der Waals surface area contributed by atoms with Crippen molar-refractivity contribution in [2.75, 3.05) is 0 Å². The molecule has 0 amide bonds. The Bertz CT molecular complexity index is 809. The third kappa shape index (κ3) is 1.91. The Labute approximate surface area is 113 Å². The average Bonchev–Trinajstić information content (AvgIpc) is 2.84. The molecule has 100 valence electrons. The van der Waals surface area contributed by atoms with Crippen molar-refractivity contribution in [1.29, 1.82) is 0 Å². The van der Waals surface area contributed by atoms with E-state index in [2.05, 4.69) is 10.1 Å². The third-order valence-corrected chi connectivity index (χ3v) is 3.03. The number of fused-ring (bicyclic) bond motifs is 1. The lowest BCUT2D eigenvalue weighted by molar-refractivity contribution is 0.0681. The van der Waals surface area contributed by atoms with Crippen LogP contribution in [0.2, 0.25) is 0 Å². The molecule has 1 aromatic carbocycles. The van der Waals surface area contributed by atoms with E-state index in [1.165, 1.54) is 22.8 Å². The lowest BCUT2D eigenvalue weighted by Gasteiger charge is -2.05. The number of imidazole rings is 1. The number of hydrogen-bond donors (Lipinski definition) is 1. The van der Waals surface area contributed by atoms with E-state index in [0.29, 0.717) is 16.8 Å². The Morgan fingerprint density at radius 3 is 2.65 bits per heavy atom. The van der Waals surface area contributed by atoms with Gasteiger partial charge in [-0.2, -0.15) is 5.10 Å². The van der Waals surface area contributed by atoms with Gasteiger partial charge in [0.1, 0.15) is 5.82 Å². The molecule has 0 aliphatic carbocycles. The van der Waals surface area contributed by atoms with Crippen molar-refractivity contribution in [3.63, 3.8) is 0 Å². The Balaban J connectivity index is 2.24. The first-order chi connectivity index (χ1) is 9.56. The molecular weight excluding hydrogens is 261 g/mol. The molecule has 0 saturated heterocycles. The fourth-order valence-corrected chi connectivity index (χ4v) is 2.04. The quantitative estimate of drug-likeness (QED) is 0.777. The summed E-state index contributed by atoms with van der Waals surface area (Å²) in [6.07, 6.45) is 1.47. The number of aryl methyl sites for hydroxylation is 1. The molecule has 5 nitrogen and oxygen atoms in total. The SMILES string of the molecule is Cc1cc(-c2ccc(F)cc2)nn2c(C(=O)O)ncc12. The summed E-state index contributed by atoms with van der Waals surface area (Å²) in [5, 5.41) is 13.4. The van der Waals surface area contributed by atoms with E-state index in [1.54, 1.807) is 12.1 Å². The van der Waals surface area contributed by atoms with Gasteiger partial charge in [-0.05, 0) is 42.8 Å². The van der Waals surface area contributed by atoms with Gasteiger partial charge in [0.15, 0.2) is 0 Å². The van der Waals surface area contributed by atoms with Gasteiger partial charge in [-0.25, -0.2) is 18.7 Å². The van der Waals surface area contributed by atoms with Gasteiger partial charge in [0.05, 0.1) is 17.4 Å². The van der Waals surface area contributed by atoms with Crippen LogP contribution in [-0.4, -0.2) is 25.7 Å². The molecule has 0 bridgehead atoms. The highest BCUT2D eigenvalue weighted by atomic mass is 19.1. The Morgan fingerprint density at radius 2 is 2.00 bits per heavy atom. The summed E-state index contributed by atoms with van der Waals surface area (Å²) in [7, 11) is 0. The van der Waals surface area contributed by atoms with E-state index >= 15 is 0 Å². The predicted octanol–water partition coefficient (Wildman–Crippen LogP) is 2.54. The molecule has 3 aromatic rings. The fourth-order valence-electron chi connectivity index (χ4n) is 2.04. The number of halogens is 1. The molecule has 0 atom stereocenters. The van der Waals surface area contributed by atoms with E-state index in [-0.39, 0.29) is 11.6 Å². The summed E-state index contributed by atoms with van der Waals surface area (Å²) in [6, 6.07) is 7.68. The number of rotatable bonds is 2. The molecule has 0 aliphatic heterocycles. The highest BCUT2D eigenvalue weighted by molar-refractivity contribution is 5.85. The number of benzene rings is 1. The van der Waals surface area contributed by atoms with Crippen LogP contribution in [0.1, 0.15) is 16.2 Å². The molecule has 1 N–H and O–H groups in total. The first-order valence-electron chi connectivity index (χ1n) is 5.91. The van der Waals surface area contributed by atoms with Crippen LogP contribution in [0.5, 0.6) is 0 Å². The molecule has 0 aliphatic rings. The number of aromatic nitrogens is 3. The van der Waals surface area contributed by atoms with Crippen molar-refractivity contribution in [1.82, 2.24) is 14.6 Å². The topological polar surface area (TPSA) is 67.5 Å². The predicted molar refractivity (Wildman–Crippen MR) is 70.1 cm³/mol. The van der Waals surface area contributed by atoms with E-state index < -0.39 is 5.97 Å². The Hall–Kier alpha value is -2.76. The van der Waals surface area contributed by atoms with Crippen LogP contribution >= 0.6 is 0 Å². The van der Waals surface area contributed by atoms with E-state index in [4.69, 9.17) is 5.11 Å². The maximum atomic E-state index is 12.9. The molecule has 0 unspecified atom stereocenters. The van der Waals surface area contributed by atoms with Crippen LogP contribution in [0.25, 0.3) is 16.8 Å². The summed E-state index contributed by atoms with van der Waals surface area (Å²) in [5.41, 5.74) is 2.75. The molecule has 0 radical (unpaired) electrons. The van der Waals surface area contributed by atoms with Crippen molar-refractivity contribution in [3.8, 4) is 11.3 Å². The highest BCUT2D eigenvalue weighted by Crippen LogP contribution is 2.21. The van der Waals surface area contributed by atoms with Crippen LogP contribution in [0, 0.1) is 12.7 Å². The summed E-state index contributed by atoms with van der Waals surface area (Å²) in [6.45, 7) is 1.84. The molecule has 3 rings (SSSR count). The van der Waals surface area contributed by atoms with Gasteiger partial charge in [0.2, 0.25) is 5.82 Å². The van der Waals surface area contributed by atoms with Crippen LogP contribution in [-0.2, 0) is 0 Å². The van der Waals surface area contributed by atoms with Crippen molar-refractivity contribution in [2.45, 2.75) is 6.92 Å². The average molecular weight is 271 g/mol. The van der Waals surface area contributed by atoms with Crippen molar-refractivity contribution >= 4 is 11.5 Å². The lowest BCUT2D eigenvalue weighted by Crippen LogP contribution is -2.07. The minimum absolute atomic E-state index is 0.146. The fraction of sp³-hybridized carbons (Fsp3) is 0.0714. The second-order valence-electron chi connectivity index (χ2n) is 4.40. The van der Waals surface area contributed by atoms with E-state index in [9.17, 15) is 9.18 Å². The monoisotopic (exact) mass is 271 g/mol. The molecule has 0 fully saturated rings. The maximum absolute atomic E-state index is 12.9. The second kappa shape index (κ2) is 4.41. The molecule has 20 heavy (non-hydrogen) atoms. The van der Waals surface area contributed by atoms with Gasteiger partial charge in [-0.1, -0.05) is 0 Å². The summed E-state index contributed by atoms with van der Waals surface area (Å²) < 4.78 is 14.2. The zero-order chi connectivity index (χ0) is 14.3. The smallest absolute Gasteiger partial charge is 0.374 e. The number of carboxylic acids is 1. The van der Waals surface area contributed by atoms with Crippen LogP contribution in [0.3, 0.4) is 0 Å². The van der Waals surface area contributed by atoms with Crippen molar-refractivity contribution < 1.29 is 14.3 Å². The minimum Gasteiger partial charge on any atom is -0.475 e. The number of carboxylic acid groups (broad SMARTS) is 1. The summed E-state index contributed by atoms with van der Waals surface area (Å²) in [5.74, 6) is -1.62. The van der Waals surface area contributed by atoms with Crippen LogP contribution in [0.15, 0.2) is 36.5 Å². The molecule has 2 heterocycles. The summed E-state index contributed by atoms with van der Waals surface area (Å²) in [4.78, 5) is 15.0. The van der Waals surface area contributed by atoms with Gasteiger partial charge in [-0.15, -0.1) is 0 Å². The summed E-state index contributed by atoms with van der Waals surface area (Å²) >= 11 is 0. The van der Waals surface area contributed by atoms with Crippen LogP contribution < -0.4 is 0 Å². The maximum Gasteiger partial charge on any atom is 0.374 e. The molecule has 0 spiro atoms. The van der Waals surface area contributed by atoms with Crippen molar-refractivity contribution in [3.05, 3.63) is 53.7 Å². The first kappa shape index (κ1) is 12.3. The lowest BCUT2D eigenvalue weighted by atomic mass is 10.1. The molecule has 0 saturated carbocycles. The Morgan fingerprint density at radius 1 is 1.30 bits per heavy atom. The van der Waals surface area contributed by atoms with Crippen LogP contribution in [0.4, 0.5) is 4.39 Å². The number of hydrogen-bond acceptors (Lipinski definition) is 3. The molecule has 2 aromatic heterocycles. The van der Waals surface area contributed by atoms with Gasteiger partial charge in [0.25, 0.3) is 0 Å². The van der Waals surface area contributed by atoms with E-state index in [0.717, 1.165) is 5.56 Å². The molecule has 6 heteroatoms. The van der Waals surface area contributed by atoms with Gasteiger partial charge >= 0.3 is 5.97 Å². The second-order valence-corrected chi connectivity index (χ2v) is 4.40. The highest BCUT2D eigenvalue weighted by Gasteiger charge is 2.15. The van der Waals surface area contributed by atoms with Gasteiger partial charge in [0, 0.05) is 5.56 Å². The minimum atomic E-state index is -1.15. The number of aromatic carboxylic acids is 1. The normalized spacial score (nSPS) is 10.9. The number of carbonyl (C=O) groups is 1. The van der Waals surface area contributed by atoms with E-state index in [1.807, 2.05) is 13.0 Å². The van der Waals surface area contributed by atoms with Crippen molar-refractivity contribution in [2.24, 2.45) is 0 Å². The zero-order valence-electron chi connectivity index (χ0n) is 10.5. The third-order valence-electron chi connectivity index (χ3n) is 3.03. The largest absolute Gasteiger partial charge is 0.475 e. The first-order valence-corrected chi connectivity index (χ1v) is 5.91. The zero-order valence-corrected chi connectivity index (χ0v) is 10.5. The standard InChI is InChI=1S/C14H10FN3O2/c1-8-6-11(9-2-4-10(15)5-3-9)17-18-12(8)7-16-13(18)14(19)20/h2-7H,1H3,(H,19,20). The Kier molecular flexibility index (Phi) is 2.71.